The average Bonchev–Trinajstić information content (AvgIpc) is 2.58. The fraction of sp³-hybridized carbons (Fsp3) is 0.353. The lowest BCUT2D eigenvalue weighted by Gasteiger charge is -2.20. The number of rotatable bonds is 9. The van der Waals surface area contributed by atoms with Gasteiger partial charge in [-0.15, -0.1) is 0 Å². The topological polar surface area (TPSA) is 63.6 Å². The maximum Gasteiger partial charge on any atom is 0.257 e. The molecule has 0 spiro atoms. The van der Waals surface area contributed by atoms with Crippen molar-refractivity contribution < 1.29 is 14.6 Å². The van der Waals surface area contributed by atoms with Gasteiger partial charge in [-0.3, -0.25) is 0 Å². The first-order valence-electron chi connectivity index (χ1n) is 7.40. The Bertz CT molecular complexity index is 549. The zero-order valence-corrected chi connectivity index (χ0v) is 12.7. The lowest BCUT2D eigenvalue weighted by atomic mass is 10.1. The lowest BCUT2D eigenvalue weighted by Crippen LogP contribution is -2.17. The van der Waals surface area contributed by atoms with Gasteiger partial charge in [0.15, 0.2) is 5.75 Å². The highest BCUT2D eigenvalue weighted by Gasteiger charge is 2.16. The molecule has 118 valence electrons. The van der Waals surface area contributed by atoms with E-state index >= 15 is 0 Å². The van der Waals surface area contributed by atoms with Crippen molar-refractivity contribution in [3.8, 4) is 11.6 Å². The maximum atomic E-state index is 8.89. The Hall–Kier alpha value is -2.11. The van der Waals surface area contributed by atoms with Crippen molar-refractivity contribution in [2.24, 2.45) is 0 Å². The smallest absolute Gasteiger partial charge is 0.257 e. The number of benzene rings is 1. The summed E-state index contributed by atoms with van der Waals surface area (Å²) in [5.41, 5.74) is 1.11. The molecule has 0 saturated heterocycles. The third kappa shape index (κ3) is 4.72. The van der Waals surface area contributed by atoms with Gasteiger partial charge >= 0.3 is 0 Å². The number of hydrogen-bond acceptors (Lipinski definition) is 5. The molecule has 1 atom stereocenters. The van der Waals surface area contributed by atoms with Crippen LogP contribution in [0.4, 0.5) is 0 Å². The summed E-state index contributed by atoms with van der Waals surface area (Å²) in [6, 6.07) is 13.7. The summed E-state index contributed by atoms with van der Waals surface area (Å²) >= 11 is 0. The molecule has 0 aliphatic heterocycles. The first kappa shape index (κ1) is 16.3. The Balaban J connectivity index is 2.16. The van der Waals surface area contributed by atoms with Crippen LogP contribution >= 0.6 is 0 Å². The Kier molecular flexibility index (Phi) is 6.67. The molecule has 0 amide bonds. The highest BCUT2D eigenvalue weighted by molar-refractivity contribution is 5.33. The second kappa shape index (κ2) is 9.02. The number of nitrogens with one attached hydrogen (secondary N) is 1. The molecule has 0 fully saturated rings. The fourth-order valence-electron chi connectivity index (χ4n) is 2.11. The third-order valence-corrected chi connectivity index (χ3v) is 3.16. The van der Waals surface area contributed by atoms with Crippen LogP contribution in [0.2, 0.25) is 0 Å². The van der Waals surface area contributed by atoms with E-state index in [1.165, 1.54) is 0 Å². The van der Waals surface area contributed by atoms with Crippen LogP contribution < -0.4 is 14.8 Å². The number of aliphatic hydroxyl groups excluding tert-OH is 1. The lowest BCUT2D eigenvalue weighted by molar-refractivity contribution is 0.163. The molecule has 1 unspecified atom stereocenters. The first-order chi connectivity index (χ1) is 10.8. The van der Waals surface area contributed by atoms with Gasteiger partial charge in [0, 0.05) is 12.6 Å². The van der Waals surface area contributed by atoms with Gasteiger partial charge in [0.1, 0.15) is 12.7 Å². The van der Waals surface area contributed by atoms with Gasteiger partial charge in [-0.2, -0.15) is 0 Å². The highest BCUT2D eigenvalue weighted by atomic mass is 16.5. The van der Waals surface area contributed by atoms with Crippen LogP contribution in [0.25, 0.3) is 0 Å². The normalized spacial score (nSPS) is 11.9. The third-order valence-electron chi connectivity index (χ3n) is 3.16. The summed E-state index contributed by atoms with van der Waals surface area (Å²) in [4.78, 5) is 4.17. The van der Waals surface area contributed by atoms with E-state index in [9.17, 15) is 0 Å². The van der Waals surface area contributed by atoms with Crippen LogP contribution in [-0.4, -0.2) is 36.9 Å². The van der Waals surface area contributed by atoms with Crippen molar-refractivity contribution in [3.63, 3.8) is 0 Å². The van der Waals surface area contributed by atoms with Gasteiger partial charge in [-0.25, -0.2) is 4.98 Å². The maximum absolute atomic E-state index is 8.89. The van der Waals surface area contributed by atoms with Gasteiger partial charge in [0.25, 0.3) is 5.88 Å². The molecule has 0 radical (unpaired) electrons. The van der Waals surface area contributed by atoms with Gasteiger partial charge in [-0.05, 0) is 31.3 Å². The second-order valence-corrected chi connectivity index (χ2v) is 4.79. The quantitative estimate of drug-likeness (QED) is 0.743. The number of hydrogen-bond donors (Lipinski definition) is 2. The number of aliphatic hydroxyl groups is 1. The molecule has 5 heteroatoms. The van der Waals surface area contributed by atoms with Crippen molar-refractivity contribution in [3.05, 3.63) is 54.2 Å². The van der Waals surface area contributed by atoms with E-state index in [1.54, 1.807) is 12.3 Å². The van der Waals surface area contributed by atoms with Gasteiger partial charge < -0.3 is 19.9 Å². The molecule has 1 aromatic carbocycles. The van der Waals surface area contributed by atoms with Crippen LogP contribution in [0.3, 0.4) is 0 Å². The zero-order chi connectivity index (χ0) is 15.6. The molecule has 5 nitrogen and oxygen atoms in total. The molecule has 0 aliphatic carbocycles. The van der Waals surface area contributed by atoms with E-state index in [4.69, 9.17) is 14.6 Å². The predicted molar refractivity (Wildman–Crippen MR) is 85.2 cm³/mol. The molecule has 0 aliphatic rings. The summed E-state index contributed by atoms with van der Waals surface area (Å²) in [6.45, 7) is 0.977. The summed E-state index contributed by atoms with van der Waals surface area (Å²) < 4.78 is 11.5. The Morgan fingerprint density at radius 3 is 2.73 bits per heavy atom. The number of ether oxygens (including phenoxy) is 2. The minimum Gasteiger partial charge on any atom is -0.480 e. The molecular formula is C17H22N2O3. The van der Waals surface area contributed by atoms with Gasteiger partial charge in [0.2, 0.25) is 0 Å². The summed E-state index contributed by atoms with van der Waals surface area (Å²) in [5, 5.41) is 12.0. The van der Waals surface area contributed by atoms with Crippen molar-refractivity contribution in [1.29, 1.82) is 0 Å². The van der Waals surface area contributed by atoms with E-state index < -0.39 is 0 Å². The Morgan fingerprint density at radius 2 is 2.00 bits per heavy atom. The van der Waals surface area contributed by atoms with Gasteiger partial charge in [-0.1, -0.05) is 30.3 Å². The first-order valence-corrected chi connectivity index (χ1v) is 7.40. The summed E-state index contributed by atoms with van der Waals surface area (Å²) in [7, 11) is 1.92. The Morgan fingerprint density at radius 1 is 1.18 bits per heavy atom. The highest BCUT2D eigenvalue weighted by Crippen LogP contribution is 2.30. The second-order valence-electron chi connectivity index (χ2n) is 4.79. The molecule has 2 N–H and O–H groups in total. The number of nitrogens with zero attached hydrogens (tertiary/aromatic N) is 1. The molecule has 0 saturated carbocycles. The summed E-state index contributed by atoms with van der Waals surface area (Å²) in [6.07, 6.45) is 2.38. The van der Waals surface area contributed by atoms with Crippen LogP contribution in [0.15, 0.2) is 48.7 Å². The Labute approximate surface area is 130 Å². The monoisotopic (exact) mass is 302 g/mol. The van der Waals surface area contributed by atoms with E-state index in [-0.39, 0.29) is 19.3 Å². The molecule has 1 aromatic heterocycles. The fourth-order valence-corrected chi connectivity index (χ4v) is 2.11. The van der Waals surface area contributed by atoms with Crippen molar-refractivity contribution in [1.82, 2.24) is 10.3 Å². The minimum atomic E-state index is -0.0886. The number of aromatic nitrogens is 1. The van der Waals surface area contributed by atoms with Crippen LogP contribution in [0.1, 0.15) is 18.1 Å². The van der Waals surface area contributed by atoms with Crippen LogP contribution in [0, 0.1) is 0 Å². The molecule has 0 bridgehead atoms. The average molecular weight is 302 g/mol. The molecule has 2 aromatic rings. The summed E-state index contributed by atoms with van der Waals surface area (Å²) in [5.74, 6) is 0.989. The van der Waals surface area contributed by atoms with Crippen molar-refractivity contribution in [2.75, 3.05) is 26.8 Å². The van der Waals surface area contributed by atoms with Crippen molar-refractivity contribution >= 4 is 0 Å². The largest absolute Gasteiger partial charge is 0.480 e. The van der Waals surface area contributed by atoms with Gasteiger partial charge in [0.05, 0.1) is 6.61 Å². The molecule has 22 heavy (non-hydrogen) atoms. The number of pyridine rings is 1. The molecular weight excluding hydrogens is 280 g/mol. The standard InChI is InChI=1S/C17H22N2O3/c1-18-11-9-15(14-6-3-2-4-7-14)22-16-8-5-10-19-17(16)21-13-12-20/h2-8,10,15,18,20H,9,11-13H2,1H3. The minimum absolute atomic E-state index is 0.0577. The van der Waals surface area contributed by atoms with E-state index in [1.807, 2.05) is 43.4 Å². The van der Waals surface area contributed by atoms with Crippen molar-refractivity contribution in [2.45, 2.75) is 12.5 Å². The molecule has 2 rings (SSSR count). The SMILES string of the molecule is CNCCC(Oc1cccnc1OCCO)c1ccccc1. The van der Waals surface area contributed by atoms with E-state index in [0.29, 0.717) is 11.6 Å². The van der Waals surface area contributed by atoms with Crippen LogP contribution in [0.5, 0.6) is 11.6 Å². The predicted octanol–water partition coefficient (Wildman–Crippen LogP) is 2.18. The van der Waals surface area contributed by atoms with Crippen LogP contribution in [-0.2, 0) is 0 Å². The van der Waals surface area contributed by atoms with E-state index in [2.05, 4.69) is 10.3 Å². The molecule has 1 heterocycles. The zero-order valence-electron chi connectivity index (χ0n) is 12.7. The van der Waals surface area contributed by atoms with E-state index in [0.717, 1.165) is 18.5 Å².